The average molecular weight is 349 g/mol. The van der Waals surface area contributed by atoms with Gasteiger partial charge in [-0.2, -0.15) is 0 Å². The van der Waals surface area contributed by atoms with E-state index in [0.717, 1.165) is 11.1 Å². The van der Waals surface area contributed by atoms with Gasteiger partial charge in [-0.3, -0.25) is 0 Å². The molecule has 2 rings (SSSR count). The van der Waals surface area contributed by atoms with Gasteiger partial charge < -0.3 is 0 Å². The zero-order valence-corrected chi connectivity index (χ0v) is 16.4. The normalized spacial score (nSPS) is 13.2. The van der Waals surface area contributed by atoms with Gasteiger partial charge in [0.15, 0.2) is 0 Å². The molecule has 0 radical (unpaired) electrons. The number of hydrogen-bond acceptors (Lipinski definition) is 0. The smallest absolute Gasteiger partial charge is 0.0641 e. The van der Waals surface area contributed by atoms with Crippen LogP contribution in [-0.4, -0.2) is 0 Å². The van der Waals surface area contributed by atoms with Crippen LogP contribution in [0.4, 0.5) is 0 Å². The van der Waals surface area contributed by atoms with Crippen molar-refractivity contribution in [2.24, 2.45) is 0 Å². The number of halogens is 2. The molecule has 124 valence electrons. The highest BCUT2D eigenvalue weighted by Gasteiger charge is 2.34. The number of rotatable bonds is 4. The van der Waals surface area contributed by atoms with Gasteiger partial charge in [0, 0.05) is 5.41 Å². The van der Waals surface area contributed by atoms with E-state index in [1.807, 2.05) is 27.7 Å². The summed E-state index contributed by atoms with van der Waals surface area (Å²) in [5.74, 6) is 0. The van der Waals surface area contributed by atoms with Gasteiger partial charge in [0.2, 0.25) is 0 Å². The molecule has 0 aliphatic heterocycles. The van der Waals surface area contributed by atoms with Crippen LogP contribution in [0.2, 0.25) is 0 Å². The van der Waals surface area contributed by atoms with Crippen molar-refractivity contribution in [3.63, 3.8) is 0 Å². The van der Waals surface area contributed by atoms with Crippen LogP contribution in [0.25, 0.3) is 0 Å². The second kappa shape index (κ2) is 6.15. The van der Waals surface area contributed by atoms with Crippen molar-refractivity contribution in [3.8, 4) is 0 Å². The molecule has 0 atom stereocenters. The second-order valence-electron chi connectivity index (χ2n) is 7.66. The molecule has 0 heterocycles. The van der Waals surface area contributed by atoms with E-state index in [2.05, 4.69) is 62.4 Å². The van der Waals surface area contributed by atoms with E-state index in [1.165, 1.54) is 11.1 Å². The lowest BCUT2D eigenvalue weighted by molar-refractivity contribution is 0.593. The van der Waals surface area contributed by atoms with Crippen LogP contribution in [-0.2, 0) is 15.2 Å². The van der Waals surface area contributed by atoms with E-state index in [-0.39, 0.29) is 5.41 Å². The molecule has 0 nitrogen and oxygen atoms in total. The fraction of sp³-hybridized carbons (Fsp3) is 0.429. The van der Waals surface area contributed by atoms with Crippen molar-refractivity contribution >= 4 is 23.2 Å². The fourth-order valence-electron chi connectivity index (χ4n) is 3.24. The lowest BCUT2D eigenvalue weighted by Gasteiger charge is -2.35. The van der Waals surface area contributed by atoms with Crippen molar-refractivity contribution in [2.45, 2.75) is 56.7 Å². The molecule has 0 unspecified atom stereocenters. The number of hydrogen-bond donors (Lipinski definition) is 0. The molecular formula is C21H26Cl2. The van der Waals surface area contributed by atoms with Crippen molar-refractivity contribution < 1.29 is 0 Å². The van der Waals surface area contributed by atoms with Gasteiger partial charge in [-0.15, -0.1) is 23.2 Å². The summed E-state index contributed by atoms with van der Waals surface area (Å²) in [5.41, 5.74) is 4.62. The molecular weight excluding hydrogens is 323 g/mol. The zero-order chi connectivity index (χ0) is 17.5. The predicted octanol–water partition coefficient (Wildman–Crippen LogP) is 6.96. The van der Waals surface area contributed by atoms with E-state index in [9.17, 15) is 0 Å². The van der Waals surface area contributed by atoms with Crippen LogP contribution in [0, 0.1) is 0 Å². The van der Waals surface area contributed by atoms with E-state index in [1.54, 1.807) is 0 Å². The van der Waals surface area contributed by atoms with Gasteiger partial charge in [0.05, 0.1) is 9.75 Å². The van der Waals surface area contributed by atoms with E-state index in [4.69, 9.17) is 23.2 Å². The fourth-order valence-corrected chi connectivity index (χ4v) is 3.57. The number of benzene rings is 2. The molecule has 0 fully saturated rings. The Kier molecular flexibility index (Phi) is 4.91. The maximum absolute atomic E-state index is 6.66. The quantitative estimate of drug-likeness (QED) is 0.523. The Bertz CT molecular complexity index is 626. The first-order valence-corrected chi connectivity index (χ1v) is 8.79. The van der Waals surface area contributed by atoms with Crippen LogP contribution in [0.1, 0.15) is 63.8 Å². The first-order valence-electron chi connectivity index (χ1n) is 8.03. The third kappa shape index (κ3) is 3.75. The van der Waals surface area contributed by atoms with Crippen molar-refractivity contribution in [3.05, 3.63) is 70.8 Å². The van der Waals surface area contributed by atoms with Gasteiger partial charge in [-0.05, 0) is 49.9 Å². The molecule has 0 N–H and O–H groups in total. The lowest BCUT2D eigenvalue weighted by Crippen LogP contribution is -2.28. The summed E-state index contributed by atoms with van der Waals surface area (Å²) < 4.78 is 0. The van der Waals surface area contributed by atoms with E-state index in [0.29, 0.717) is 0 Å². The standard InChI is InChI=1S/C21H26Cl2/c1-19(2,15-11-7-9-13-17(15)20(3,4)22)16-12-8-10-14-18(16)21(5,6)23/h7-14H,1-6H3. The Balaban J connectivity index is 2.71. The summed E-state index contributed by atoms with van der Waals surface area (Å²) >= 11 is 13.3. The molecule has 2 heteroatoms. The molecule has 0 saturated heterocycles. The summed E-state index contributed by atoms with van der Waals surface area (Å²) in [6.07, 6.45) is 0. The maximum Gasteiger partial charge on any atom is 0.0641 e. The van der Waals surface area contributed by atoms with Gasteiger partial charge in [0.1, 0.15) is 0 Å². The summed E-state index contributed by atoms with van der Waals surface area (Å²) in [6.45, 7) is 12.7. The Hall–Kier alpha value is -0.980. The minimum Gasteiger partial charge on any atom is -0.115 e. The molecule has 0 aliphatic carbocycles. The highest BCUT2D eigenvalue weighted by molar-refractivity contribution is 6.24. The highest BCUT2D eigenvalue weighted by atomic mass is 35.5. The molecule has 23 heavy (non-hydrogen) atoms. The van der Waals surface area contributed by atoms with E-state index >= 15 is 0 Å². The Morgan fingerprint density at radius 2 is 0.783 bits per heavy atom. The first kappa shape index (κ1) is 18.4. The predicted molar refractivity (Wildman–Crippen MR) is 103 cm³/mol. The van der Waals surface area contributed by atoms with Crippen LogP contribution in [0.5, 0.6) is 0 Å². The Morgan fingerprint density at radius 3 is 1.04 bits per heavy atom. The monoisotopic (exact) mass is 348 g/mol. The van der Waals surface area contributed by atoms with E-state index < -0.39 is 9.75 Å². The van der Waals surface area contributed by atoms with Crippen molar-refractivity contribution in [2.75, 3.05) is 0 Å². The van der Waals surface area contributed by atoms with Gasteiger partial charge in [0.25, 0.3) is 0 Å². The van der Waals surface area contributed by atoms with Crippen LogP contribution < -0.4 is 0 Å². The SMILES string of the molecule is CC(C)(Cl)c1ccccc1C(C)(C)c1ccccc1C(C)(C)Cl. The zero-order valence-electron chi connectivity index (χ0n) is 14.9. The van der Waals surface area contributed by atoms with Crippen molar-refractivity contribution in [1.29, 1.82) is 0 Å². The van der Waals surface area contributed by atoms with Gasteiger partial charge >= 0.3 is 0 Å². The third-order valence-corrected chi connectivity index (χ3v) is 4.89. The third-order valence-electron chi connectivity index (χ3n) is 4.48. The summed E-state index contributed by atoms with van der Waals surface area (Å²) in [4.78, 5) is -0.835. The lowest BCUT2D eigenvalue weighted by atomic mass is 9.71. The minimum atomic E-state index is -0.417. The van der Waals surface area contributed by atoms with Crippen molar-refractivity contribution in [1.82, 2.24) is 0 Å². The first-order chi connectivity index (χ1) is 10.5. The minimum absolute atomic E-state index is 0.189. The van der Waals surface area contributed by atoms with Crippen LogP contribution >= 0.6 is 23.2 Å². The van der Waals surface area contributed by atoms with Crippen LogP contribution in [0.15, 0.2) is 48.5 Å². The number of alkyl halides is 2. The highest BCUT2D eigenvalue weighted by Crippen LogP contribution is 2.43. The maximum atomic E-state index is 6.66. The summed E-state index contributed by atoms with van der Waals surface area (Å²) in [7, 11) is 0. The summed E-state index contributed by atoms with van der Waals surface area (Å²) in [6, 6.07) is 16.9. The molecule has 0 bridgehead atoms. The Labute approximate surface area is 150 Å². The molecule has 2 aromatic rings. The molecule has 0 amide bonds. The second-order valence-corrected chi connectivity index (χ2v) is 9.55. The molecule has 0 aromatic heterocycles. The van der Waals surface area contributed by atoms with Gasteiger partial charge in [-0.1, -0.05) is 62.4 Å². The Morgan fingerprint density at radius 1 is 0.522 bits per heavy atom. The summed E-state index contributed by atoms with van der Waals surface area (Å²) in [5, 5.41) is 0. The molecule has 0 spiro atoms. The van der Waals surface area contributed by atoms with Gasteiger partial charge in [-0.25, -0.2) is 0 Å². The average Bonchev–Trinajstić information content (AvgIpc) is 2.45. The van der Waals surface area contributed by atoms with Crippen LogP contribution in [0.3, 0.4) is 0 Å². The largest absolute Gasteiger partial charge is 0.115 e. The molecule has 2 aromatic carbocycles. The topological polar surface area (TPSA) is 0 Å². The molecule has 0 saturated carbocycles. The molecule has 0 aliphatic rings.